The third-order valence-corrected chi connectivity index (χ3v) is 40.2. The van der Waals surface area contributed by atoms with E-state index in [1.54, 1.807) is 11.3 Å². The van der Waals surface area contributed by atoms with E-state index < -0.39 is 28.6 Å². The maximum absolute atomic E-state index is 15.9. The van der Waals surface area contributed by atoms with Crippen molar-refractivity contribution in [2.24, 2.45) is 0 Å². The number of hydrogen-bond donors (Lipinski definition) is 0. The summed E-state index contributed by atoms with van der Waals surface area (Å²) in [7, 11) is -11.9. The zero-order valence-corrected chi connectivity index (χ0v) is 84.8. The molecule has 0 saturated heterocycles. The van der Waals surface area contributed by atoms with Crippen molar-refractivity contribution in [2.75, 3.05) is 0 Å². The van der Waals surface area contributed by atoms with E-state index in [0.29, 0.717) is 0 Å². The van der Waals surface area contributed by atoms with Crippen molar-refractivity contribution in [3.8, 4) is 43.7 Å². The second-order valence-corrected chi connectivity index (χ2v) is 46.4. The summed E-state index contributed by atoms with van der Waals surface area (Å²) >= 11 is 3.10. The van der Waals surface area contributed by atoms with Crippen molar-refractivity contribution < 1.29 is 98.7 Å². The zero-order valence-electron chi connectivity index (χ0n) is 70.0. The predicted molar refractivity (Wildman–Crippen MR) is 523 cm³/mol. The Balaban J connectivity index is 0.000000138. The van der Waals surface area contributed by atoms with Gasteiger partial charge in [0.2, 0.25) is 0 Å². The van der Waals surface area contributed by atoms with Gasteiger partial charge in [-0.15, -0.1) is 59.2 Å². The van der Waals surface area contributed by atoms with Crippen molar-refractivity contribution in [1.29, 1.82) is 0 Å². The van der Waals surface area contributed by atoms with E-state index in [9.17, 15) is 9.13 Å². The maximum atomic E-state index is 15.9. The van der Waals surface area contributed by atoms with Gasteiger partial charge in [-0.2, -0.15) is 24.3 Å². The Morgan fingerprint density at radius 3 is 1.13 bits per heavy atom. The second kappa shape index (κ2) is 40.0. The number of fused-ring (bicyclic) bond motifs is 7. The fraction of sp³-hybridized carbons (Fsp3) is 0.0826. The van der Waals surface area contributed by atoms with Crippen molar-refractivity contribution in [3.63, 3.8) is 0 Å². The summed E-state index contributed by atoms with van der Waals surface area (Å²) in [6, 6.07) is 134. The molecule has 0 unspecified atom stereocenters. The van der Waals surface area contributed by atoms with Gasteiger partial charge in [0.15, 0.2) is 14.3 Å². The minimum Gasteiger partial charge on any atom is -0.330 e. The second-order valence-electron chi connectivity index (χ2n) is 31.6. The van der Waals surface area contributed by atoms with Crippen molar-refractivity contribution >= 4 is 168 Å². The van der Waals surface area contributed by atoms with Crippen LogP contribution in [0.15, 0.2) is 389 Å². The first-order valence-electron chi connectivity index (χ1n) is 41.1. The predicted octanol–water partition coefficient (Wildman–Crippen LogP) is 24.6. The quantitative estimate of drug-likeness (QED) is 0.0735. The summed E-state index contributed by atoms with van der Waals surface area (Å²) < 4.78 is 60.9. The van der Waals surface area contributed by atoms with E-state index in [4.69, 9.17) is 9.97 Å². The molecule has 127 heavy (non-hydrogen) atoms. The molecule has 1 aliphatic rings. The first kappa shape index (κ1) is 93.3. The summed E-state index contributed by atoms with van der Waals surface area (Å²) in [5.41, 5.74) is 7.55. The molecular weight excluding hydrogens is 2390 g/mol. The fourth-order valence-corrected chi connectivity index (χ4v) is 33.1. The molecule has 8 nitrogen and oxygen atoms in total. The minimum atomic E-state index is -3.32. The van der Waals surface area contributed by atoms with Crippen LogP contribution in [0.4, 0.5) is 0 Å². The van der Waals surface area contributed by atoms with Crippen LogP contribution in [0, 0.1) is 24.3 Å². The summed E-state index contributed by atoms with van der Waals surface area (Å²) in [5, 5.41) is 19.8. The van der Waals surface area contributed by atoms with Crippen LogP contribution in [-0.2, 0) is 104 Å². The molecule has 0 atom stereocenters. The van der Waals surface area contributed by atoms with Gasteiger partial charge in [0.1, 0.15) is 7.14 Å². The Labute approximate surface area is 804 Å². The SMILES string of the molecule is CC(C)P(=O)(c1c[c-]c(-c2nccc3ccccc23)s1)C(C)C.CC1(C)c2c([c-]ccc2P(=O)(c2ccccc2)c2ccccc2)-c2nccc3cccc1c23.O=P(c1cc[c-]c(-c2nccc3ccccc23)c1)(c1cccc2ccccc12)c1cccc2ccccc12.O=P(c1ccccc1)(c1ccccc1)c1c[c-]c(-c2nccc3ccccc23)s1.[Ir].[Ir].[Ir].[Ir]. The van der Waals surface area contributed by atoms with Crippen molar-refractivity contribution in [3.05, 3.63) is 424 Å². The number of hydrogen-bond acceptors (Lipinski definition) is 10. The number of thiophene rings is 2. The van der Waals surface area contributed by atoms with Crippen LogP contribution in [0.5, 0.6) is 0 Å². The summed E-state index contributed by atoms with van der Waals surface area (Å²) in [6.45, 7) is 12.7. The van der Waals surface area contributed by atoms with Crippen LogP contribution in [0.1, 0.15) is 52.7 Å². The number of benzene rings is 14. The van der Waals surface area contributed by atoms with Gasteiger partial charge in [-0.25, -0.2) is 22.7 Å². The molecule has 20 aromatic rings. The van der Waals surface area contributed by atoms with E-state index in [-0.39, 0.29) is 97.2 Å². The number of aromatic nitrogens is 4. The topological polar surface area (TPSA) is 120 Å². The number of rotatable bonds is 15. The first-order chi connectivity index (χ1) is 60.0. The molecule has 0 amide bonds. The van der Waals surface area contributed by atoms with Crippen LogP contribution in [-0.4, -0.2) is 31.3 Å². The Morgan fingerprint density at radius 2 is 0.661 bits per heavy atom. The first-order valence-corrected chi connectivity index (χ1v) is 49.7. The smallest absolute Gasteiger partial charge is 0.154 e. The molecule has 0 N–H and O–H groups in total. The molecule has 21 rings (SSSR count). The molecule has 4 radical (unpaired) electrons. The maximum Gasteiger partial charge on any atom is 0.154 e. The average molecular weight is 2470 g/mol. The molecule has 6 heterocycles. The van der Waals surface area contributed by atoms with Gasteiger partial charge in [0, 0.05) is 148 Å². The van der Waals surface area contributed by atoms with E-state index in [2.05, 4.69) is 173 Å². The van der Waals surface area contributed by atoms with Gasteiger partial charge in [-0.3, -0.25) is 0 Å². The van der Waals surface area contributed by atoms with E-state index in [0.717, 1.165) is 155 Å². The van der Waals surface area contributed by atoms with Gasteiger partial charge < -0.3 is 38.2 Å². The van der Waals surface area contributed by atoms with Crippen LogP contribution >= 0.6 is 51.2 Å². The number of pyridine rings is 4. The van der Waals surface area contributed by atoms with Crippen molar-refractivity contribution in [2.45, 2.75) is 58.3 Å². The normalized spacial score (nSPS) is 12.1. The summed E-state index contributed by atoms with van der Waals surface area (Å²) in [6.07, 6.45) is 7.33. The van der Waals surface area contributed by atoms with E-state index in [1.165, 1.54) is 27.7 Å². The molecule has 18 heteroatoms. The molecule has 1 aliphatic carbocycles. The molecule has 636 valence electrons. The Morgan fingerprint density at radius 1 is 0.307 bits per heavy atom. The molecule has 0 aliphatic heterocycles. The molecule has 0 fully saturated rings. The minimum absolute atomic E-state index is 0. The van der Waals surface area contributed by atoms with E-state index >= 15 is 9.13 Å². The van der Waals surface area contributed by atoms with Crippen LogP contribution < -0.4 is 51.7 Å². The third-order valence-electron chi connectivity index (χ3n) is 23.4. The summed E-state index contributed by atoms with van der Waals surface area (Å²) in [5.74, 6) is 0. The largest absolute Gasteiger partial charge is 0.330 e. The number of nitrogens with zero attached hydrogens (tertiary/aromatic N) is 4. The van der Waals surface area contributed by atoms with Crippen molar-refractivity contribution in [1.82, 2.24) is 19.9 Å². The molecule has 0 bridgehead atoms. The average Bonchev–Trinajstić information content (AvgIpc) is 1.06. The molecule has 0 saturated carbocycles. The Kier molecular flexibility index (Phi) is 29.4. The Bertz CT molecular complexity index is 7360. The van der Waals surface area contributed by atoms with Crippen LogP contribution in [0.25, 0.3) is 108 Å². The van der Waals surface area contributed by atoms with Gasteiger partial charge in [-0.05, 0) is 132 Å². The third kappa shape index (κ3) is 17.6. The van der Waals surface area contributed by atoms with Gasteiger partial charge in [0.25, 0.3) is 0 Å². The fourth-order valence-electron chi connectivity index (χ4n) is 17.4. The van der Waals surface area contributed by atoms with Gasteiger partial charge >= 0.3 is 0 Å². The molecule has 14 aromatic carbocycles. The monoisotopic (exact) mass is 2470 g/mol. The van der Waals surface area contributed by atoms with Crippen LogP contribution in [0.2, 0.25) is 0 Å². The molecule has 6 aromatic heterocycles. The van der Waals surface area contributed by atoms with E-state index in [1.807, 2.05) is 292 Å². The van der Waals surface area contributed by atoms with Gasteiger partial charge in [-0.1, -0.05) is 359 Å². The van der Waals surface area contributed by atoms with Crippen LogP contribution in [0.3, 0.4) is 0 Å². The standard InChI is InChI=1S/C35H23NOP.C30H23NOP.C25H17NOPS.C19H21NOPS.4Ir/c37-38(33-20-8-13-25-10-1-4-17-30(25)33,34-21-9-14-26-11-2-5-18-31(26)34)29-16-7-15-28(24-29)35-32-19-6-3-12-27(32)22-23-36-35;1-30(2)25-17-9-11-21-19-20-31-29(27(21)25)24-16-10-18-26(28(24)30)33(32,22-12-5-3-6-13-22)23-14-7-4-8-15-23;27-28(20-10-3-1-4-11-20,21-12-5-2-6-13-21)24-16-15-23(29-24)25-22-14-8-7-9-19(22)17-18-26-25;1-13(2)22(21,14(3)4)18-10-9-17(23-18)19-16-8-6-5-7-15(16)11-12-20-19;;;;/h1-14,16-24H;3-15,17-20H,1-2H3;1-14,16-18H;5-8,10-14H,1-4H3;;;;/q4*-1;;;;. The molecular formula is C109H84Ir4N4O4P4S2-4. The Hall–Kier alpha value is -9.84. The van der Waals surface area contributed by atoms with Gasteiger partial charge in [0.05, 0.1) is 7.14 Å². The zero-order chi connectivity index (χ0) is 84.5. The molecule has 0 spiro atoms. The summed E-state index contributed by atoms with van der Waals surface area (Å²) in [4.78, 5) is 20.6.